The Morgan fingerprint density at radius 3 is 2.65 bits per heavy atom. The van der Waals surface area contributed by atoms with Crippen LogP contribution in [0.4, 0.5) is 5.69 Å². The molecule has 2 rings (SSSR count). The molecule has 0 amide bonds. The van der Waals surface area contributed by atoms with Gasteiger partial charge in [0.05, 0.1) is 10.8 Å². The van der Waals surface area contributed by atoms with E-state index < -0.39 is 22.2 Å². The lowest BCUT2D eigenvalue weighted by Crippen LogP contribution is -2.04. The summed E-state index contributed by atoms with van der Waals surface area (Å²) in [5.41, 5.74) is -0.175. The molecule has 17 heavy (non-hydrogen) atoms. The third-order valence-corrected chi connectivity index (χ3v) is 3.55. The Balaban J connectivity index is 2.46. The minimum absolute atomic E-state index is 0.102. The van der Waals surface area contributed by atoms with Gasteiger partial charge in [0.25, 0.3) is 0 Å². The van der Waals surface area contributed by atoms with Crippen LogP contribution in [0.25, 0.3) is 0 Å². The lowest BCUT2D eigenvalue weighted by atomic mass is 10.1. The number of hydrogen-bond donors (Lipinski definition) is 1. The van der Waals surface area contributed by atoms with Crippen LogP contribution in [0.1, 0.15) is 25.5 Å². The molecule has 0 radical (unpaired) electrons. The SMILES string of the molecule is Cn1ncc([N+](=O)[O-])c1C1C(C(=O)O)C1(C)C. The van der Waals surface area contributed by atoms with Gasteiger partial charge in [-0.2, -0.15) is 5.10 Å². The fourth-order valence-corrected chi connectivity index (χ4v) is 2.55. The van der Waals surface area contributed by atoms with Gasteiger partial charge in [-0.25, -0.2) is 0 Å². The topological polar surface area (TPSA) is 98.3 Å². The smallest absolute Gasteiger partial charge is 0.310 e. The maximum atomic E-state index is 11.1. The lowest BCUT2D eigenvalue weighted by molar-refractivity contribution is -0.385. The maximum Gasteiger partial charge on any atom is 0.310 e. The molecule has 0 aromatic carbocycles. The molecule has 7 nitrogen and oxygen atoms in total. The van der Waals surface area contributed by atoms with Gasteiger partial charge in [-0.1, -0.05) is 13.8 Å². The molecule has 2 unspecified atom stereocenters. The second kappa shape index (κ2) is 3.28. The van der Waals surface area contributed by atoms with E-state index in [2.05, 4.69) is 5.10 Å². The Kier molecular flexibility index (Phi) is 2.23. The molecular formula is C10H13N3O4. The first-order valence-electron chi connectivity index (χ1n) is 5.17. The van der Waals surface area contributed by atoms with Crippen LogP contribution in [-0.4, -0.2) is 25.8 Å². The molecule has 7 heteroatoms. The average Bonchev–Trinajstić information content (AvgIpc) is 2.56. The van der Waals surface area contributed by atoms with Crippen LogP contribution in [-0.2, 0) is 11.8 Å². The van der Waals surface area contributed by atoms with E-state index in [0.29, 0.717) is 5.69 Å². The van der Waals surface area contributed by atoms with Gasteiger partial charge in [0, 0.05) is 13.0 Å². The molecule has 92 valence electrons. The van der Waals surface area contributed by atoms with Crippen molar-refractivity contribution in [3.8, 4) is 0 Å². The average molecular weight is 239 g/mol. The molecule has 0 spiro atoms. The number of carboxylic acids is 1. The summed E-state index contributed by atoms with van der Waals surface area (Å²) in [5.74, 6) is -1.86. The number of carbonyl (C=O) groups is 1. The van der Waals surface area contributed by atoms with E-state index in [4.69, 9.17) is 5.11 Å². The van der Waals surface area contributed by atoms with Gasteiger partial charge >= 0.3 is 11.7 Å². The molecule has 1 aromatic rings. The normalized spacial score (nSPS) is 25.6. The van der Waals surface area contributed by atoms with Crippen LogP contribution >= 0.6 is 0 Å². The van der Waals surface area contributed by atoms with E-state index in [1.807, 2.05) is 0 Å². The predicted octanol–water partition coefficient (Wildman–Crippen LogP) is 1.15. The summed E-state index contributed by atoms with van der Waals surface area (Å²) in [5, 5.41) is 23.8. The number of nitrogens with zero attached hydrogens (tertiary/aromatic N) is 3. The zero-order valence-electron chi connectivity index (χ0n) is 9.75. The quantitative estimate of drug-likeness (QED) is 0.630. The highest BCUT2D eigenvalue weighted by atomic mass is 16.6. The molecule has 0 aliphatic heterocycles. The highest BCUT2D eigenvalue weighted by molar-refractivity contribution is 5.78. The minimum atomic E-state index is -0.921. The Morgan fingerprint density at radius 2 is 2.24 bits per heavy atom. The van der Waals surface area contributed by atoms with Crippen LogP contribution in [0.2, 0.25) is 0 Å². The van der Waals surface area contributed by atoms with Gasteiger partial charge in [-0.15, -0.1) is 0 Å². The van der Waals surface area contributed by atoms with Gasteiger partial charge in [0.1, 0.15) is 11.9 Å². The summed E-state index contributed by atoms with van der Waals surface area (Å²) >= 11 is 0. The van der Waals surface area contributed by atoms with Crippen molar-refractivity contribution in [3.63, 3.8) is 0 Å². The van der Waals surface area contributed by atoms with Crippen molar-refractivity contribution in [2.24, 2.45) is 18.4 Å². The van der Waals surface area contributed by atoms with Crippen molar-refractivity contribution >= 4 is 11.7 Å². The van der Waals surface area contributed by atoms with E-state index in [-0.39, 0.29) is 11.6 Å². The summed E-state index contributed by atoms with van der Waals surface area (Å²) in [4.78, 5) is 21.4. The zero-order chi connectivity index (χ0) is 13.0. The second-order valence-corrected chi connectivity index (χ2v) is 4.91. The molecule has 1 fully saturated rings. The Labute approximate surface area is 97.2 Å². The van der Waals surface area contributed by atoms with Crippen LogP contribution in [0.5, 0.6) is 0 Å². The standard InChI is InChI=1S/C10H13N3O4/c1-10(2)6(7(10)9(14)15)8-5(13(16)17)4-11-12(8)3/h4,6-7H,1-3H3,(H,14,15). The molecule has 1 N–H and O–H groups in total. The number of aromatic nitrogens is 2. The third-order valence-electron chi connectivity index (χ3n) is 3.55. The zero-order valence-corrected chi connectivity index (χ0v) is 9.75. The Morgan fingerprint density at radius 1 is 1.65 bits per heavy atom. The number of nitro groups is 1. The first kappa shape index (κ1) is 11.6. The van der Waals surface area contributed by atoms with Crippen molar-refractivity contribution < 1.29 is 14.8 Å². The van der Waals surface area contributed by atoms with Gasteiger partial charge in [0.2, 0.25) is 0 Å². The third kappa shape index (κ3) is 1.49. The fraction of sp³-hybridized carbons (Fsp3) is 0.600. The monoisotopic (exact) mass is 239 g/mol. The van der Waals surface area contributed by atoms with Gasteiger partial charge < -0.3 is 5.11 Å². The van der Waals surface area contributed by atoms with Gasteiger partial charge in [-0.05, 0) is 5.41 Å². The van der Waals surface area contributed by atoms with Crippen molar-refractivity contribution in [2.75, 3.05) is 0 Å². The van der Waals surface area contributed by atoms with E-state index >= 15 is 0 Å². The summed E-state index contributed by atoms with van der Waals surface area (Å²) in [6.07, 6.45) is 1.17. The number of aliphatic carboxylic acids is 1. The molecule has 0 bridgehead atoms. The summed E-state index contributed by atoms with van der Waals surface area (Å²) < 4.78 is 1.40. The van der Waals surface area contributed by atoms with E-state index in [0.717, 1.165) is 0 Å². The van der Waals surface area contributed by atoms with E-state index in [1.54, 1.807) is 20.9 Å². The number of aryl methyl sites for hydroxylation is 1. The van der Waals surface area contributed by atoms with Crippen LogP contribution in [0.15, 0.2) is 6.20 Å². The number of hydrogen-bond acceptors (Lipinski definition) is 4. The van der Waals surface area contributed by atoms with Crippen molar-refractivity contribution in [2.45, 2.75) is 19.8 Å². The Hall–Kier alpha value is -1.92. The molecule has 1 saturated carbocycles. The van der Waals surface area contributed by atoms with Crippen molar-refractivity contribution in [3.05, 3.63) is 22.0 Å². The van der Waals surface area contributed by atoms with E-state index in [1.165, 1.54) is 10.9 Å². The maximum absolute atomic E-state index is 11.1. The summed E-state index contributed by atoms with van der Waals surface area (Å²) in [6.45, 7) is 3.60. The predicted molar refractivity (Wildman–Crippen MR) is 57.5 cm³/mol. The lowest BCUT2D eigenvalue weighted by Gasteiger charge is -2.02. The number of carboxylic acid groups (broad SMARTS) is 1. The molecule has 0 saturated heterocycles. The largest absolute Gasteiger partial charge is 0.481 e. The summed E-state index contributed by atoms with van der Waals surface area (Å²) in [6, 6.07) is 0. The van der Waals surface area contributed by atoms with Crippen LogP contribution < -0.4 is 0 Å². The highest BCUT2D eigenvalue weighted by Gasteiger charge is 2.65. The van der Waals surface area contributed by atoms with E-state index in [9.17, 15) is 14.9 Å². The first-order chi connectivity index (χ1) is 7.78. The van der Waals surface area contributed by atoms with Gasteiger partial charge in [-0.3, -0.25) is 19.6 Å². The second-order valence-electron chi connectivity index (χ2n) is 4.91. The molecule has 2 atom stereocenters. The Bertz CT molecular complexity index is 506. The summed E-state index contributed by atoms with van der Waals surface area (Å²) in [7, 11) is 1.59. The molecule has 1 aliphatic carbocycles. The molecular weight excluding hydrogens is 226 g/mol. The molecule has 1 aliphatic rings. The highest BCUT2D eigenvalue weighted by Crippen LogP contribution is 2.65. The van der Waals surface area contributed by atoms with Crippen LogP contribution in [0.3, 0.4) is 0 Å². The van der Waals surface area contributed by atoms with Crippen molar-refractivity contribution in [1.29, 1.82) is 0 Å². The minimum Gasteiger partial charge on any atom is -0.481 e. The van der Waals surface area contributed by atoms with Crippen LogP contribution in [0, 0.1) is 21.4 Å². The fourth-order valence-electron chi connectivity index (χ4n) is 2.55. The molecule has 1 heterocycles. The van der Waals surface area contributed by atoms with Gasteiger partial charge in [0.15, 0.2) is 0 Å². The van der Waals surface area contributed by atoms with Crippen molar-refractivity contribution in [1.82, 2.24) is 9.78 Å². The number of rotatable bonds is 3. The molecule has 1 aromatic heterocycles. The first-order valence-corrected chi connectivity index (χ1v) is 5.17.